The SMILES string of the molecule is CCC(C)(C)CC(C)(C)Cc1cc(=O)[nH]o1. The van der Waals surface area contributed by atoms with Crippen LogP contribution in [-0.2, 0) is 6.42 Å². The molecule has 16 heavy (non-hydrogen) atoms. The van der Waals surface area contributed by atoms with Crippen molar-refractivity contribution >= 4 is 0 Å². The van der Waals surface area contributed by atoms with E-state index in [1.165, 1.54) is 0 Å². The molecule has 0 saturated heterocycles. The second-order valence-corrected chi connectivity index (χ2v) is 6.21. The minimum absolute atomic E-state index is 0.150. The van der Waals surface area contributed by atoms with Gasteiger partial charge in [0.15, 0.2) is 0 Å². The van der Waals surface area contributed by atoms with Crippen LogP contribution in [0.15, 0.2) is 15.4 Å². The lowest BCUT2D eigenvalue weighted by Gasteiger charge is -2.33. The molecule has 0 unspecified atom stereocenters. The number of nitrogens with one attached hydrogen (secondary N) is 1. The van der Waals surface area contributed by atoms with Crippen molar-refractivity contribution in [3.8, 4) is 0 Å². The van der Waals surface area contributed by atoms with E-state index in [1.54, 1.807) is 6.07 Å². The van der Waals surface area contributed by atoms with E-state index in [1.807, 2.05) is 0 Å². The van der Waals surface area contributed by atoms with Gasteiger partial charge in [-0.1, -0.05) is 41.0 Å². The van der Waals surface area contributed by atoms with Crippen molar-refractivity contribution in [3.63, 3.8) is 0 Å². The molecule has 0 aliphatic heterocycles. The molecule has 0 aromatic carbocycles. The highest BCUT2D eigenvalue weighted by atomic mass is 16.5. The minimum atomic E-state index is -0.152. The maximum Gasteiger partial charge on any atom is 0.280 e. The Bertz CT molecular complexity index is 385. The van der Waals surface area contributed by atoms with Gasteiger partial charge < -0.3 is 4.52 Å². The smallest absolute Gasteiger partial charge is 0.280 e. The highest BCUT2D eigenvalue weighted by Crippen LogP contribution is 2.37. The first-order valence-corrected chi connectivity index (χ1v) is 5.91. The van der Waals surface area contributed by atoms with E-state index in [4.69, 9.17) is 4.52 Å². The van der Waals surface area contributed by atoms with E-state index in [-0.39, 0.29) is 11.0 Å². The monoisotopic (exact) mass is 225 g/mol. The topological polar surface area (TPSA) is 46.0 Å². The standard InChI is InChI=1S/C13H23NO2/c1-6-12(2,3)9-13(4,5)8-10-7-11(15)14-16-10/h7H,6,8-9H2,1-5H3,(H,14,15). The van der Waals surface area contributed by atoms with Gasteiger partial charge in [0.25, 0.3) is 5.56 Å². The average Bonchev–Trinajstić information content (AvgIpc) is 2.48. The molecule has 0 atom stereocenters. The van der Waals surface area contributed by atoms with Gasteiger partial charge >= 0.3 is 0 Å². The molecule has 3 heteroatoms. The van der Waals surface area contributed by atoms with Crippen LogP contribution < -0.4 is 5.56 Å². The summed E-state index contributed by atoms with van der Waals surface area (Å²) in [5.74, 6) is 0.752. The zero-order chi connectivity index (χ0) is 12.4. The predicted molar refractivity (Wildman–Crippen MR) is 65.5 cm³/mol. The van der Waals surface area contributed by atoms with Crippen molar-refractivity contribution in [2.75, 3.05) is 0 Å². The normalized spacial score (nSPS) is 13.1. The number of aromatic nitrogens is 1. The van der Waals surface area contributed by atoms with Crippen molar-refractivity contribution in [2.24, 2.45) is 10.8 Å². The van der Waals surface area contributed by atoms with Crippen LogP contribution in [-0.4, -0.2) is 5.16 Å². The molecule has 92 valence electrons. The van der Waals surface area contributed by atoms with Crippen LogP contribution in [0.25, 0.3) is 0 Å². The molecule has 0 spiro atoms. The predicted octanol–water partition coefficient (Wildman–Crippen LogP) is 3.36. The van der Waals surface area contributed by atoms with Crippen LogP contribution >= 0.6 is 0 Å². The molecular weight excluding hydrogens is 202 g/mol. The van der Waals surface area contributed by atoms with Crippen LogP contribution in [0.4, 0.5) is 0 Å². The summed E-state index contributed by atoms with van der Waals surface area (Å²) in [7, 11) is 0. The summed E-state index contributed by atoms with van der Waals surface area (Å²) in [6, 6.07) is 1.54. The van der Waals surface area contributed by atoms with E-state index in [0.717, 1.165) is 25.0 Å². The third-order valence-electron chi connectivity index (χ3n) is 3.14. The Balaban J connectivity index is 2.68. The van der Waals surface area contributed by atoms with Gasteiger partial charge in [0.1, 0.15) is 5.76 Å². The first-order chi connectivity index (χ1) is 7.24. The van der Waals surface area contributed by atoms with E-state index < -0.39 is 0 Å². The Morgan fingerprint density at radius 1 is 1.25 bits per heavy atom. The fraction of sp³-hybridized carbons (Fsp3) is 0.769. The van der Waals surface area contributed by atoms with Crippen LogP contribution in [0.2, 0.25) is 0 Å². The summed E-state index contributed by atoms with van der Waals surface area (Å²) in [6.45, 7) is 11.2. The molecule has 0 fully saturated rings. The number of H-pyrrole nitrogens is 1. The number of hydrogen-bond acceptors (Lipinski definition) is 2. The highest BCUT2D eigenvalue weighted by Gasteiger charge is 2.28. The van der Waals surface area contributed by atoms with Crippen molar-refractivity contribution in [1.82, 2.24) is 5.16 Å². The maximum absolute atomic E-state index is 11.0. The molecule has 1 rings (SSSR count). The highest BCUT2D eigenvalue weighted by molar-refractivity contribution is 4.98. The van der Waals surface area contributed by atoms with Gasteiger partial charge in [0.2, 0.25) is 0 Å². The second kappa shape index (κ2) is 4.48. The van der Waals surface area contributed by atoms with Gasteiger partial charge in [-0.05, 0) is 17.3 Å². The van der Waals surface area contributed by atoms with E-state index in [0.29, 0.717) is 5.41 Å². The summed E-state index contributed by atoms with van der Waals surface area (Å²) in [4.78, 5) is 11.0. The zero-order valence-corrected chi connectivity index (χ0v) is 11.0. The van der Waals surface area contributed by atoms with E-state index >= 15 is 0 Å². The number of rotatable bonds is 5. The Kier molecular flexibility index (Phi) is 3.66. The van der Waals surface area contributed by atoms with Crippen molar-refractivity contribution in [1.29, 1.82) is 0 Å². The van der Waals surface area contributed by atoms with Gasteiger partial charge in [-0.2, -0.15) is 5.16 Å². The fourth-order valence-electron chi connectivity index (χ4n) is 2.36. The third-order valence-corrected chi connectivity index (χ3v) is 3.14. The summed E-state index contributed by atoms with van der Waals surface area (Å²) >= 11 is 0. The summed E-state index contributed by atoms with van der Waals surface area (Å²) in [5, 5.41) is 2.34. The van der Waals surface area contributed by atoms with E-state index in [2.05, 4.69) is 39.8 Å². The molecule has 0 bridgehead atoms. The van der Waals surface area contributed by atoms with Gasteiger partial charge in [0.05, 0.1) is 0 Å². The molecular formula is C13H23NO2. The molecule has 0 radical (unpaired) electrons. The molecule has 0 amide bonds. The molecule has 1 aromatic rings. The quantitative estimate of drug-likeness (QED) is 0.835. The van der Waals surface area contributed by atoms with Crippen LogP contribution in [0.3, 0.4) is 0 Å². The van der Waals surface area contributed by atoms with Crippen molar-refractivity contribution in [3.05, 3.63) is 22.2 Å². The lowest BCUT2D eigenvalue weighted by atomic mass is 9.72. The third kappa shape index (κ3) is 3.87. The fourth-order valence-corrected chi connectivity index (χ4v) is 2.36. The van der Waals surface area contributed by atoms with Crippen LogP contribution in [0.1, 0.15) is 53.2 Å². The molecule has 1 aromatic heterocycles. The molecule has 1 heterocycles. The lowest BCUT2D eigenvalue weighted by molar-refractivity contribution is 0.176. The molecule has 3 nitrogen and oxygen atoms in total. The molecule has 1 N–H and O–H groups in total. The minimum Gasteiger partial charge on any atom is -0.384 e. The van der Waals surface area contributed by atoms with Crippen molar-refractivity contribution in [2.45, 2.75) is 53.9 Å². The summed E-state index contributed by atoms with van der Waals surface area (Å²) < 4.78 is 5.11. The molecule has 0 aliphatic carbocycles. The molecule has 0 saturated carbocycles. The van der Waals surface area contributed by atoms with Gasteiger partial charge in [-0.25, -0.2) is 0 Å². The van der Waals surface area contributed by atoms with Crippen molar-refractivity contribution < 1.29 is 4.52 Å². The Morgan fingerprint density at radius 3 is 2.31 bits per heavy atom. The zero-order valence-electron chi connectivity index (χ0n) is 11.0. The Morgan fingerprint density at radius 2 is 1.88 bits per heavy atom. The van der Waals surface area contributed by atoms with Crippen LogP contribution in [0.5, 0.6) is 0 Å². The van der Waals surface area contributed by atoms with Crippen LogP contribution in [0, 0.1) is 10.8 Å². The average molecular weight is 225 g/mol. The summed E-state index contributed by atoms with van der Waals surface area (Å²) in [5.41, 5.74) is 0.332. The largest absolute Gasteiger partial charge is 0.384 e. The van der Waals surface area contributed by atoms with Gasteiger partial charge in [-0.3, -0.25) is 4.79 Å². The number of aromatic amines is 1. The Hall–Kier alpha value is -0.990. The van der Waals surface area contributed by atoms with Gasteiger partial charge in [-0.15, -0.1) is 0 Å². The Labute approximate surface area is 97.2 Å². The first-order valence-electron chi connectivity index (χ1n) is 5.91. The van der Waals surface area contributed by atoms with Gasteiger partial charge in [0, 0.05) is 12.5 Å². The lowest BCUT2D eigenvalue weighted by Crippen LogP contribution is -2.24. The number of hydrogen-bond donors (Lipinski definition) is 1. The molecule has 0 aliphatic rings. The van der Waals surface area contributed by atoms with E-state index in [9.17, 15) is 4.79 Å². The second-order valence-electron chi connectivity index (χ2n) is 6.21. The maximum atomic E-state index is 11.0. The first kappa shape index (κ1) is 13.1. The summed E-state index contributed by atoms with van der Waals surface area (Å²) in [6.07, 6.45) is 3.08.